The molecule has 9 nitrogen and oxygen atoms in total. The molecular weight excluding hydrogens is 410 g/mol. The lowest BCUT2D eigenvalue weighted by molar-refractivity contribution is 0.0828. The van der Waals surface area contributed by atoms with Gasteiger partial charge in [0, 0.05) is 24.2 Å². The number of rotatable bonds is 4. The monoisotopic (exact) mass is 427 g/mol. The summed E-state index contributed by atoms with van der Waals surface area (Å²) >= 11 is 5.78. The summed E-state index contributed by atoms with van der Waals surface area (Å²) < 4.78 is 31.9. The third-order valence-corrected chi connectivity index (χ3v) is 6.51. The van der Waals surface area contributed by atoms with Gasteiger partial charge >= 0.3 is 5.91 Å². The number of phenols is 1. The number of nitrogens with zero attached hydrogens (tertiary/aromatic N) is 1. The van der Waals surface area contributed by atoms with Crippen molar-refractivity contribution in [2.45, 2.75) is 24.7 Å². The molecule has 1 fully saturated rings. The highest BCUT2D eigenvalue weighted by Crippen LogP contribution is 2.26. The molecular formula is C17H18ClN3O6S. The van der Waals surface area contributed by atoms with Crippen LogP contribution in [-0.2, 0) is 10.0 Å². The van der Waals surface area contributed by atoms with Gasteiger partial charge in [-0.15, -0.1) is 0 Å². The fourth-order valence-corrected chi connectivity index (χ4v) is 4.68. The molecule has 2 amide bonds. The second kappa shape index (κ2) is 7.82. The summed E-state index contributed by atoms with van der Waals surface area (Å²) in [6, 6.07) is 5.00. The van der Waals surface area contributed by atoms with Crippen LogP contribution in [0.3, 0.4) is 0 Å². The average molecular weight is 428 g/mol. The van der Waals surface area contributed by atoms with Crippen LogP contribution in [0.2, 0.25) is 5.02 Å². The molecule has 0 bridgehead atoms. The maximum atomic E-state index is 12.6. The third kappa shape index (κ3) is 3.98. The molecule has 150 valence electrons. The first kappa shape index (κ1) is 20.2. The number of carbonyl (C=O) groups excluding carboxylic acids is 2. The molecule has 2 aromatic rings. The number of aromatic hydroxyl groups is 1. The Bertz CT molecular complexity index is 1030. The molecule has 1 saturated heterocycles. The number of hydrazine groups is 1. The van der Waals surface area contributed by atoms with Crippen molar-refractivity contribution in [1.29, 1.82) is 0 Å². The van der Waals surface area contributed by atoms with Crippen molar-refractivity contribution in [3.63, 3.8) is 0 Å². The maximum absolute atomic E-state index is 12.6. The number of furan rings is 1. The van der Waals surface area contributed by atoms with Crippen molar-refractivity contribution in [3.05, 3.63) is 46.4 Å². The smallest absolute Gasteiger partial charge is 0.305 e. The average Bonchev–Trinajstić information content (AvgIpc) is 3.31. The maximum Gasteiger partial charge on any atom is 0.305 e. The van der Waals surface area contributed by atoms with Crippen LogP contribution in [0, 0.1) is 6.92 Å². The molecule has 0 saturated carbocycles. The number of carbonyl (C=O) groups is 2. The number of benzene rings is 1. The first-order valence-corrected chi connectivity index (χ1v) is 10.2. The third-order valence-electron chi connectivity index (χ3n) is 4.27. The lowest BCUT2D eigenvalue weighted by Gasteiger charge is -2.14. The largest absolute Gasteiger partial charge is 0.507 e. The van der Waals surface area contributed by atoms with Gasteiger partial charge in [-0.2, -0.15) is 4.31 Å². The number of hydrogen-bond acceptors (Lipinski definition) is 6. The van der Waals surface area contributed by atoms with Gasteiger partial charge in [-0.25, -0.2) is 8.42 Å². The zero-order valence-corrected chi connectivity index (χ0v) is 16.4. The minimum atomic E-state index is -3.74. The topological polar surface area (TPSA) is 129 Å². The van der Waals surface area contributed by atoms with E-state index >= 15 is 0 Å². The van der Waals surface area contributed by atoms with Gasteiger partial charge in [0.05, 0.1) is 5.56 Å². The highest BCUT2D eigenvalue weighted by Gasteiger charge is 2.31. The summed E-state index contributed by atoms with van der Waals surface area (Å²) in [7, 11) is -3.74. The number of hydrogen-bond donors (Lipinski definition) is 3. The molecule has 1 aliphatic heterocycles. The van der Waals surface area contributed by atoms with E-state index in [0.29, 0.717) is 13.1 Å². The number of halogens is 1. The second-order valence-electron chi connectivity index (χ2n) is 6.21. The molecule has 0 radical (unpaired) electrons. The number of amides is 2. The van der Waals surface area contributed by atoms with Crippen molar-refractivity contribution in [2.24, 2.45) is 0 Å². The van der Waals surface area contributed by atoms with Crippen LogP contribution >= 0.6 is 11.6 Å². The summed E-state index contributed by atoms with van der Waals surface area (Å²) in [5.41, 5.74) is 4.08. The van der Waals surface area contributed by atoms with Gasteiger partial charge in [0.1, 0.15) is 16.4 Å². The predicted molar refractivity (Wildman–Crippen MR) is 99.5 cm³/mol. The lowest BCUT2D eigenvalue weighted by atomic mass is 10.2. The van der Waals surface area contributed by atoms with E-state index in [0.717, 1.165) is 18.9 Å². The van der Waals surface area contributed by atoms with Gasteiger partial charge in [0.2, 0.25) is 10.0 Å². The Hall–Kier alpha value is -2.56. The molecule has 0 unspecified atom stereocenters. The summed E-state index contributed by atoms with van der Waals surface area (Å²) in [5, 5.41) is 9.93. The van der Waals surface area contributed by atoms with Gasteiger partial charge in [0.25, 0.3) is 5.91 Å². The van der Waals surface area contributed by atoms with Crippen LogP contribution in [0.4, 0.5) is 0 Å². The molecule has 1 aliphatic rings. The lowest BCUT2D eigenvalue weighted by Crippen LogP contribution is -2.41. The zero-order chi connectivity index (χ0) is 20.5. The second-order valence-corrected chi connectivity index (χ2v) is 8.55. The number of aryl methyl sites for hydroxylation is 1. The Labute approximate surface area is 166 Å². The number of sulfonamides is 1. The van der Waals surface area contributed by atoms with Gasteiger partial charge in [-0.3, -0.25) is 20.4 Å². The summed E-state index contributed by atoms with van der Waals surface area (Å²) in [5.74, 6) is -2.16. The molecule has 1 aromatic carbocycles. The van der Waals surface area contributed by atoms with E-state index in [1.54, 1.807) is 0 Å². The van der Waals surface area contributed by atoms with Crippen molar-refractivity contribution < 1.29 is 27.5 Å². The quantitative estimate of drug-likeness (QED) is 0.638. The molecule has 3 N–H and O–H groups in total. The van der Waals surface area contributed by atoms with E-state index in [-0.39, 0.29) is 32.8 Å². The molecule has 0 spiro atoms. The Balaban J connectivity index is 1.72. The van der Waals surface area contributed by atoms with Crippen molar-refractivity contribution in [2.75, 3.05) is 13.1 Å². The van der Waals surface area contributed by atoms with Gasteiger partial charge in [-0.05, 0) is 38.0 Å². The molecule has 0 aliphatic carbocycles. The standard InChI is InChI=1S/C17H18ClN3O6S/c1-10-15(28(25,26)21-6-2-3-7-21)9-14(27-10)17(24)20-19-16(23)12-8-11(18)4-5-13(12)22/h4-5,8-9,22H,2-3,6-7H2,1H3,(H,19,23)(H,20,24). The fourth-order valence-electron chi connectivity index (χ4n) is 2.83. The van der Waals surface area contributed by atoms with E-state index in [2.05, 4.69) is 10.9 Å². The van der Waals surface area contributed by atoms with Gasteiger partial charge in [0.15, 0.2) is 5.76 Å². The first-order chi connectivity index (χ1) is 13.2. The van der Waals surface area contributed by atoms with Crippen molar-refractivity contribution >= 4 is 33.4 Å². The first-order valence-electron chi connectivity index (χ1n) is 8.40. The molecule has 0 atom stereocenters. The van der Waals surface area contributed by atoms with E-state index < -0.39 is 21.8 Å². The SMILES string of the molecule is Cc1oc(C(=O)NNC(=O)c2cc(Cl)ccc2O)cc1S(=O)(=O)N1CCCC1. The summed E-state index contributed by atoms with van der Waals surface area (Å²) in [4.78, 5) is 24.2. The minimum absolute atomic E-state index is 0.0795. The predicted octanol–water partition coefficient (Wildman–Crippen LogP) is 1.81. The van der Waals surface area contributed by atoms with Crippen LogP contribution in [0.5, 0.6) is 5.75 Å². The van der Waals surface area contributed by atoms with Crippen molar-refractivity contribution in [3.8, 4) is 5.75 Å². The summed E-state index contributed by atoms with van der Waals surface area (Å²) in [6.07, 6.45) is 1.57. The molecule has 3 rings (SSSR count). The minimum Gasteiger partial charge on any atom is -0.507 e. The fraction of sp³-hybridized carbons (Fsp3) is 0.294. The Morgan fingerprint density at radius 1 is 1.14 bits per heavy atom. The Morgan fingerprint density at radius 2 is 1.79 bits per heavy atom. The van der Waals surface area contributed by atoms with Crippen LogP contribution in [0.15, 0.2) is 33.6 Å². The van der Waals surface area contributed by atoms with E-state index in [1.165, 1.54) is 29.4 Å². The molecule has 1 aromatic heterocycles. The Morgan fingerprint density at radius 3 is 2.46 bits per heavy atom. The van der Waals surface area contributed by atoms with Crippen LogP contribution in [-0.4, -0.2) is 42.7 Å². The zero-order valence-electron chi connectivity index (χ0n) is 14.9. The molecule has 28 heavy (non-hydrogen) atoms. The summed E-state index contributed by atoms with van der Waals surface area (Å²) in [6.45, 7) is 2.30. The normalized spacial score (nSPS) is 14.8. The van der Waals surface area contributed by atoms with Crippen LogP contribution < -0.4 is 10.9 Å². The van der Waals surface area contributed by atoms with Crippen LogP contribution in [0.1, 0.15) is 39.5 Å². The number of nitrogens with one attached hydrogen (secondary N) is 2. The molecule has 11 heteroatoms. The van der Waals surface area contributed by atoms with E-state index in [1.807, 2.05) is 0 Å². The number of phenolic OH excluding ortho intramolecular Hbond substituents is 1. The molecule has 2 heterocycles. The van der Waals surface area contributed by atoms with Crippen LogP contribution in [0.25, 0.3) is 0 Å². The van der Waals surface area contributed by atoms with Gasteiger partial charge < -0.3 is 9.52 Å². The highest BCUT2D eigenvalue weighted by atomic mass is 35.5. The van der Waals surface area contributed by atoms with E-state index in [9.17, 15) is 23.1 Å². The van der Waals surface area contributed by atoms with Crippen molar-refractivity contribution in [1.82, 2.24) is 15.2 Å². The van der Waals surface area contributed by atoms with E-state index in [4.69, 9.17) is 16.0 Å². The Kier molecular flexibility index (Phi) is 5.64. The highest BCUT2D eigenvalue weighted by molar-refractivity contribution is 7.89. The van der Waals surface area contributed by atoms with Gasteiger partial charge in [-0.1, -0.05) is 11.6 Å².